The van der Waals surface area contributed by atoms with Crippen molar-refractivity contribution in [2.75, 3.05) is 52.4 Å². The van der Waals surface area contributed by atoms with Crippen molar-refractivity contribution in [1.82, 2.24) is 10.2 Å². The third-order valence-corrected chi connectivity index (χ3v) is 5.83. The zero-order chi connectivity index (χ0) is 20.6. The maximum absolute atomic E-state index is 12.6. The van der Waals surface area contributed by atoms with E-state index < -0.39 is 0 Å². The maximum Gasteiger partial charge on any atom is 0.278 e. The molecular weight excluding hydrogens is 364 g/mol. The molecule has 0 unspecified atom stereocenters. The topological polar surface area (TPSA) is 58.3 Å². The molecule has 0 radical (unpaired) electrons. The van der Waals surface area contributed by atoms with Crippen LogP contribution in [0.15, 0.2) is 42.5 Å². The summed E-state index contributed by atoms with van der Waals surface area (Å²) in [4.78, 5) is 29.0. The Kier molecular flexibility index (Phi) is 7.61. The largest absolute Gasteiger partial charge is 0.355 e. The van der Waals surface area contributed by atoms with Crippen molar-refractivity contribution in [3.63, 3.8) is 0 Å². The first-order valence-corrected chi connectivity index (χ1v) is 10.8. The lowest BCUT2D eigenvalue weighted by atomic mass is 10.0. The first kappa shape index (κ1) is 21.3. The van der Waals surface area contributed by atoms with Crippen LogP contribution in [0, 0.1) is 0 Å². The normalized spacial score (nSPS) is 19.1. The van der Waals surface area contributed by atoms with E-state index in [2.05, 4.69) is 47.8 Å². The Morgan fingerprint density at radius 3 is 2.38 bits per heavy atom. The zero-order valence-electron chi connectivity index (χ0n) is 17.7. The number of nitrogens with one attached hydrogen (secondary N) is 3. The Labute approximate surface area is 173 Å². The van der Waals surface area contributed by atoms with Crippen LogP contribution in [0.25, 0.3) is 10.8 Å². The molecule has 3 rings (SSSR count). The fraction of sp³-hybridized carbons (Fsp3) is 0.478. The van der Waals surface area contributed by atoms with Crippen molar-refractivity contribution in [3.8, 4) is 0 Å². The molecule has 0 spiro atoms. The van der Waals surface area contributed by atoms with Gasteiger partial charge in [-0.2, -0.15) is 0 Å². The summed E-state index contributed by atoms with van der Waals surface area (Å²) in [6.07, 6.45) is 0. The van der Waals surface area contributed by atoms with Gasteiger partial charge in [0.1, 0.15) is 32.7 Å². The molecule has 1 aliphatic rings. The van der Waals surface area contributed by atoms with Gasteiger partial charge in [-0.25, -0.2) is 0 Å². The number of quaternary nitrogens is 2. The number of amides is 2. The number of hydrogen-bond donors (Lipinski definition) is 3. The molecule has 1 heterocycles. The average Bonchev–Trinajstić information content (AvgIpc) is 2.74. The fourth-order valence-corrected chi connectivity index (χ4v) is 4.16. The van der Waals surface area contributed by atoms with E-state index in [1.54, 1.807) is 9.80 Å². The third kappa shape index (κ3) is 5.78. The summed E-state index contributed by atoms with van der Waals surface area (Å²) in [7, 11) is 0. The van der Waals surface area contributed by atoms with Crippen LogP contribution in [0.5, 0.6) is 0 Å². The average molecular weight is 399 g/mol. The van der Waals surface area contributed by atoms with Gasteiger partial charge in [0.2, 0.25) is 5.91 Å². The minimum absolute atomic E-state index is 0.0752. The SMILES string of the molecule is CCNC(=O)CN(CC)C(=O)C[NH+]1CC[NH+](Cc2cccc3ccccc23)CC1. The highest BCUT2D eigenvalue weighted by Gasteiger charge is 2.27. The van der Waals surface area contributed by atoms with Crippen LogP contribution in [0.1, 0.15) is 19.4 Å². The molecule has 6 nitrogen and oxygen atoms in total. The second-order valence-electron chi connectivity index (χ2n) is 7.85. The molecule has 1 aliphatic heterocycles. The molecule has 2 amide bonds. The molecule has 2 aromatic carbocycles. The number of hydrogen-bond acceptors (Lipinski definition) is 2. The highest BCUT2D eigenvalue weighted by Crippen LogP contribution is 2.17. The summed E-state index contributed by atoms with van der Waals surface area (Å²) in [6, 6.07) is 15.1. The highest BCUT2D eigenvalue weighted by atomic mass is 16.2. The van der Waals surface area contributed by atoms with Gasteiger partial charge in [-0.15, -0.1) is 0 Å². The number of carbonyl (C=O) groups is 2. The molecule has 0 aromatic heterocycles. The molecule has 1 fully saturated rings. The summed E-state index contributed by atoms with van der Waals surface area (Å²) in [5.74, 6) is -0.00620. The second kappa shape index (κ2) is 10.4. The van der Waals surface area contributed by atoms with Gasteiger partial charge in [0.25, 0.3) is 5.91 Å². The zero-order valence-corrected chi connectivity index (χ0v) is 17.7. The number of benzene rings is 2. The molecule has 0 atom stereocenters. The first-order valence-electron chi connectivity index (χ1n) is 10.8. The minimum Gasteiger partial charge on any atom is -0.355 e. The van der Waals surface area contributed by atoms with Gasteiger partial charge in [0, 0.05) is 18.7 Å². The number of piperazine rings is 1. The van der Waals surface area contributed by atoms with E-state index in [-0.39, 0.29) is 18.4 Å². The minimum atomic E-state index is -0.0814. The molecule has 29 heavy (non-hydrogen) atoms. The number of fused-ring (bicyclic) bond motifs is 1. The van der Waals surface area contributed by atoms with Gasteiger partial charge >= 0.3 is 0 Å². The molecular formula is C23H34N4O2+2. The molecule has 156 valence electrons. The standard InChI is InChI=1S/C23H32N4O2/c1-3-24-22(28)17-27(4-2)23(29)18-26-14-12-25(13-15-26)16-20-10-7-9-19-8-5-6-11-21(19)20/h5-11H,3-4,12-18H2,1-2H3,(H,24,28)/p+2. The van der Waals surface area contributed by atoms with Crippen molar-refractivity contribution in [1.29, 1.82) is 0 Å². The van der Waals surface area contributed by atoms with E-state index in [1.165, 1.54) is 21.2 Å². The van der Waals surface area contributed by atoms with Crippen LogP contribution in [0.4, 0.5) is 0 Å². The van der Waals surface area contributed by atoms with Crippen LogP contribution in [0.2, 0.25) is 0 Å². The third-order valence-electron chi connectivity index (χ3n) is 5.83. The summed E-state index contributed by atoms with van der Waals surface area (Å²) >= 11 is 0. The van der Waals surface area contributed by atoms with Gasteiger partial charge < -0.3 is 20.0 Å². The summed E-state index contributed by atoms with van der Waals surface area (Å²) < 4.78 is 0. The van der Waals surface area contributed by atoms with Gasteiger partial charge in [-0.1, -0.05) is 42.5 Å². The summed E-state index contributed by atoms with van der Waals surface area (Å²) in [5, 5.41) is 5.41. The Hall–Kier alpha value is -2.44. The lowest BCUT2D eigenvalue weighted by Crippen LogP contribution is -3.28. The van der Waals surface area contributed by atoms with E-state index in [0.717, 1.165) is 32.7 Å². The second-order valence-corrected chi connectivity index (χ2v) is 7.85. The van der Waals surface area contributed by atoms with Crippen molar-refractivity contribution >= 4 is 22.6 Å². The fourth-order valence-electron chi connectivity index (χ4n) is 4.16. The van der Waals surface area contributed by atoms with Gasteiger partial charge in [0.05, 0.1) is 6.54 Å². The van der Waals surface area contributed by atoms with E-state index in [4.69, 9.17) is 0 Å². The van der Waals surface area contributed by atoms with Crippen LogP contribution < -0.4 is 15.1 Å². The Morgan fingerprint density at radius 2 is 1.66 bits per heavy atom. The summed E-state index contributed by atoms with van der Waals surface area (Å²) in [6.45, 7) is 10.8. The van der Waals surface area contributed by atoms with Crippen molar-refractivity contribution in [2.45, 2.75) is 20.4 Å². The Morgan fingerprint density at radius 1 is 0.966 bits per heavy atom. The Balaban J connectivity index is 1.50. The van der Waals surface area contributed by atoms with Gasteiger partial charge in [-0.05, 0) is 24.6 Å². The molecule has 1 saturated heterocycles. The first-order chi connectivity index (χ1) is 14.1. The van der Waals surface area contributed by atoms with E-state index in [9.17, 15) is 9.59 Å². The van der Waals surface area contributed by atoms with E-state index >= 15 is 0 Å². The lowest BCUT2D eigenvalue weighted by molar-refractivity contribution is -1.02. The van der Waals surface area contributed by atoms with E-state index in [1.807, 2.05) is 13.8 Å². The summed E-state index contributed by atoms with van der Waals surface area (Å²) in [5.41, 5.74) is 1.40. The number of carbonyl (C=O) groups excluding carboxylic acids is 2. The van der Waals surface area contributed by atoms with Crippen LogP contribution in [-0.4, -0.2) is 69.1 Å². The predicted molar refractivity (Wildman–Crippen MR) is 115 cm³/mol. The van der Waals surface area contributed by atoms with Crippen molar-refractivity contribution in [2.24, 2.45) is 0 Å². The Bertz CT molecular complexity index is 825. The molecule has 6 heteroatoms. The predicted octanol–water partition coefficient (Wildman–Crippen LogP) is -0.892. The highest BCUT2D eigenvalue weighted by molar-refractivity contribution is 5.86. The number of likely N-dealkylation sites (N-methyl/N-ethyl adjacent to an activating group) is 2. The smallest absolute Gasteiger partial charge is 0.278 e. The van der Waals surface area contributed by atoms with Crippen molar-refractivity contribution in [3.05, 3.63) is 48.0 Å². The van der Waals surface area contributed by atoms with Gasteiger partial charge in [-0.3, -0.25) is 9.59 Å². The quantitative estimate of drug-likeness (QED) is 0.540. The van der Waals surface area contributed by atoms with Crippen LogP contribution in [-0.2, 0) is 16.1 Å². The molecule has 2 aromatic rings. The monoisotopic (exact) mass is 398 g/mol. The maximum atomic E-state index is 12.6. The number of rotatable bonds is 8. The molecule has 3 N–H and O–H groups in total. The van der Waals surface area contributed by atoms with E-state index in [0.29, 0.717) is 19.6 Å². The van der Waals surface area contributed by atoms with Gasteiger partial charge in [0.15, 0.2) is 6.54 Å². The number of nitrogens with zero attached hydrogens (tertiary/aromatic N) is 1. The van der Waals surface area contributed by atoms with Crippen LogP contribution in [0.3, 0.4) is 0 Å². The van der Waals surface area contributed by atoms with Crippen LogP contribution >= 0.6 is 0 Å². The molecule has 0 aliphatic carbocycles. The van der Waals surface area contributed by atoms with Crippen molar-refractivity contribution < 1.29 is 19.4 Å². The molecule has 0 bridgehead atoms. The lowest BCUT2D eigenvalue weighted by Gasteiger charge is -2.31. The molecule has 0 saturated carbocycles.